The van der Waals surface area contributed by atoms with Crippen molar-refractivity contribution < 1.29 is 0 Å². The zero-order valence-electron chi connectivity index (χ0n) is 11.9. The van der Waals surface area contributed by atoms with E-state index in [1.165, 1.54) is 32.1 Å². The summed E-state index contributed by atoms with van der Waals surface area (Å²) in [7, 11) is 2.24. The van der Waals surface area contributed by atoms with Crippen LogP contribution in [0.5, 0.6) is 0 Å². The molecule has 2 aliphatic carbocycles. The van der Waals surface area contributed by atoms with E-state index in [1.807, 2.05) is 0 Å². The van der Waals surface area contributed by atoms with Crippen LogP contribution in [0.15, 0.2) is 0 Å². The van der Waals surface area contributed by atoms with Gasteiger partial charge in [0.25, 0.3) is 0 Å². The Labute approximate surface area is 112 Å². The molecule has 2 rings (SSSR count). The van der Waals surface area contributed by atoms with E-state index in [9.17, 15) is 5.26 Å². The smallest absolute Gasteiger partial charge is 0.109 e. The van der Waals surface area contributed by atoms with Gasteiger partial charge in [0.15, 0.2) is 0 Å². The Bertz CT molecular complexity index is 305. The number of hydrogen-bond acceptors (Lipinski definition) is 3. The molecule has 0 radical (unpaired) electrons. The topological polar surface area (TPSA) is 39.1 Å². The highest BCUT2D eigenvalue weighted by Crippen LogP contribution is 2.38. The second kappa shape index (κ2) is 6.04. The molecule has 0 heterocycles. The van der Waals surface area contributed by atoms with Crippen LogP contribution in [-0.4, -0.2) is 36.6 Å². The van der Waals surface area contributed by atoms with Gasteiger partial charge in [-0.15, -0.1) is 0 Å². The summed E-state index contributed by atoms with van der Waals surface area (Å²) >= 11 is 0. The Morgan fingerprint density at radius 3 is 2.78 bits per heavy atom. The van der Waals surface area contributed by atoms with Gasteiger partial charge >= 0.3 is 0 Å². The maximum Gasteiger partial charge on any atom is 0.109 e. The highest BCUT2D eigenvalue weighted by atomic mass is 15.1. The molecule has 2 fully saturated rings. The van der Waals surface area contributed by atoms with Crippen molar-refractivity contribution in [2.45, 2.75) is 63.5 Å². The van der Waals surface area contributed by atoms with Crippen LogP contribution < -0.4 is 5.32 Å². The summed E-state index contributed by atoms with van der Waals surface area (Å²) < 4.78 is 0. The predicted octanol–water partition coefficient (Wildman–Crippen LogP) is 2.53. The Morgan fingerprint density at radius 1 is 1.39 bits per heavy atom. The molecule has 0 aliphatic heterocycles. The minimum atomic E-state index is -0.222. The molecule has 2 aliphatic rings. The second-order valence-corrected chi connectivity index (χ2v) is 6.10. The van der Waals surface area contributed by atoms with Crippen LogP contribution in [-0.2, 0) is 0 Å². The van der Waals surface area contributed by atoms with Gasteiger partial charge in [0.2, 0.25) is 0 Å². The lowest BCUT2D eigenvalue weighted by molar-refractivity contribution is 0.245. The normalized spacial score (nSPS) is 31.8. The number of hydrogen-bond donors (Lipinski definition) is 1. The molecule has 0 aromatic heterocycles. The molecule has 3 heteroatoms. The van der Waals surface area contributed by atoms with E-state index in [4.69, 9.17) is 0 Å². The number of nitrogens with zero attached hydrogens (tertiary/aromatic N) is 2. The summed E-state index contributed by atoms with van der Waals surface area (Å²) in [5.41, 5.74) is -0.222. The van der Waals surface area contributed by atoms with E-state index in [0.717, 1.165) is 32.0 Å². The Kier molecular flexibility index (Phi) is 4.64. The molecular weight excluding hydrogens is 222 g/mol. The lowest BCUT2D eigenvalue weighted by Crippen LogP contribution is -2.48. The van der Waals surface area contributed by atoms with Gasteiger partial charge in [-0.25, -0.2) is 0 Å². The van der Waals surface area contributed by atoms with Gasteiger partial charge in [-0.05, 0) is 64.6 Å². The summed E-state index contributed by atoms with van der Waals surface area (Å²) in [5, 5.41) is 13.1. The second-order valence-electron chi connectivity index (χ2n) is 6.10. The average molecular weight is 249 g/mol. The number of nitrogens with one attached hydrogen (secondary N) is 1. The summed E-state index contributed by atoms with van der Waals surface area (Å²) in [4.78, 5) is 2.49. The van der Waals surface area contributed by atoms with Gasteiger partial charge in [-0.1, -0.05) is 13.3 Å². The molecule has 3 nitrogen and oxygen atoms in total. The van der Waals surface area contributed by atoms with Gasteiger partial charge in [-0.2, -0.15) is 5.26 Å². The zero-order valence-corrected chi connectivity index (χ0v) is 11.9. The summed E-state index contributed by atoms with van der Waals surface area (Å²) in [6.45, 7) is 4.30. The molecule has 0 bridgehead atoms. The van der Waals surface area contributed by atoms with Crippen molar-refractivity contribution in [2.24, 2.45) is 5.92 Å². The van der Waals surface area contributed by atoms with Gasteiger partial charge in [0, 0.05) is 6.04 Å². The fraction of sp³-hybridized carbons (Fsp3) is 0.933. The van der Waals surface area contributed by atoms with Crippen molar-refractivity contribution in [3.05, 3.63) is 0 Å². The SMILES string of the molecule is CCCNC1(C#N)CCCC1CCN(C)C1CC1. The highest BCUT2D eigenvalue weighted by Gasteiger charge is 2.42. The molecule has 0 amide bonds. The molecule has 0 aromatic rings. The quantitative estimate of drug-likeness (QED) is 0.753. The van der Waals surface area contributed by atoms with E-state index in [0.29, 0.717) is 5.92 Å². The Balaban J connectivity index is 1.86. The van der Waals surface area contributed by atoms with Crippen LogP contribution in [0.3, 0.4) is 0 Å². The molecule has 2 unspecified atom stereocenters. The van der Waals surface area contributed by atoms with Crippen molar-refractivity contribution in [3.8, 4) is 6.07 Å². The summed E-state index contributed by atoms with van der Waals surface area (Å²) in [6, 6.07) is 3.44. The standard InChI is InChI=1S/C15H27N3/c1-3-10-17-15(12-16)9-4-5-13(15)8-11-18(2)14-6-7-14/h13-14,17H,3-11H2,1-2H3. The first-order valence-corrected chi connectivity index (χ1v) is 7.58. The van der Waals surface area contributed by atoms with Crippen LogP contribution in [0.25, 0.3) is 0 Å². The molecule has 2 saturated carbocycles. The molecule has 1 N–H and O–H groups in total. The van der Waals surface area contributed by atoms with E-state index in [2.05, 4.69) is 30.3 Å². The first-order chi connectivity index (χ1) is 8.72. The molecule has 18 heavy (non-hydrogen) atoms. The molecular formula is C15H27N3. The van der Waals surface area contributed by atoms with E-state index in [-0.39, 0.29) is 5.54 Å². The first kappa shape index (κ1) is 13.8. The first-order valence-electron chi connectivity index (χ1n) is 7.58. The fourth-order valence-corrected chi connectivity index (χ4v) is 3.29. The highest BCUT2D eigenvalue weighted by molar-refractivity contribution is 5.14. The van der Waals surface area contributed by atoms with Crippen LogP contribution in [0.2, 0.25) is 0 Å². The van der Waals surface area contributed by atoms with Crippen molar-refractivity contribution in [1.82, 2.24) is 10.2 Å². The number of nitriles is 1. The zero-order chi connectivity index (χ0) is 13.0. The average Bonchev–Trinajstić information content (AvgIpc) is 3.16. The molecule has 0 aromatic carbocycles. The largest absolute Gasteiger partial charge is 0.303 e. The van der Waals surface area contributed by atoms with Crippen molar-refractivity contribution in [1.29, 1.82) is 5.26 Å². The molecule has 2 atom stereocenters. The fourth-order valence-electron chi connectivity index (χ4n) is 3.29. The van der Waals surface area contributed by atoms with Crippen molar-refractivity contribution in [3.63, 3.8) is 0 Å². The summed E-state index contributed by atoms with van der Waals surface area (Å²) in [6.07, 6.45) is 8.51. The van der Waals surface area contributed by atoms with Crippen LogP contribution in [0.4, 0.5) is 0 Å². The van der Waals surface area contributed by atoms with Crippen LogP contribution in [0, 0.1) is 17.2 Å². The van der Waals surface area contributed by atoms with Crippen LogP contribution in [0.1, 0.15) is 51.9 Å². The van der Waals surface area contributed by atoms with E-state index >= 15 is 0 Å². The third-order valence-electron chi connectivity index (χ3n) is 4.71. The van der Waals surface area contributed by atoms with Crippen LogP contribution >= 0.6 is 0 Å². The summed E-state index contributed by atoms with van der Waals surface area (Å²) in [5.74, 6) is 0.551. The maximum absolute atomic E-state index is 9.57. The molecule has 102 valence electrons. The monoisotopic (exact) mass is 249 g/mol. The van der Waals surface area contributed by atoms with Gasteiger partial charge < -0.3 is 4.90 Å². The predicted molar refractivity (Wildman–Crippen MR) is 74.2 cm³/mol. The third-order valence-corrected chi connectivity index (χ3v) is 4.71. The Morgan fingerprint density at radius 2 is 2.17 bits per heavy atom. The third kappa shape index (κ3) is 3.05. The Hall–Kier alpha value is -0.590. The minimum absolute atomic E-state index is 0.222. The van der Waals surface area contributed by atoms with Gasteiger partial charge in [0.1, 0.15) is 5.54 Å². The maximum atomic E-state index is 9.57. The molecule has 0 spiro atoms. The van der Waals surface area contributed by atoms with E-state index in [1.54, 1.807) is 0 Å². The van der Waals surface area contributed by atoms with Crippen molar-refractivity contribution in [2.75, 3.05) is 20.1 Å². The lowest BCUT2D eigenvalue weighted by atomic mass is 9.85. The van der Waals surface area contributed by atoms with Crippen molar-refractivity contribution >= 4 is 0 Å². The number of rotatable bonds is 7. The van der Waals surface area contributed by atoms with E-state index < -0.39 is 0 Å². The van der Waals surface area contributed by atoms with Gasteiger partial charge in [0.05, 0.1) is 6.07 Å². The molecule has 0 saturated heterocycles. The van der Waals surface area contributed by atoms with Gasteiger partial charge in [-0.3, -0.25) is 5.32 Å². The minimum Gasteiger partial charge on any atom is -0.303 e. The lowest BCUT2D eigenvalue weighted by Gasteiger charge is -2.31.